The lowest BCUT2D eigenvalue weighted by Crippen LogP contribution is -2.31. The molecule has 1 heterocycles. The molecule has 6 heteroatoms. The molecule has 24 heavy (non-hydrogen) atoms. The number of halogens is 3. The molecule has 0 atom stereocenters. The molecule has 0 radical (unpaired) electrons. The van der Waals surface area contributed by atoms with Crippen LogP contribution >= 0.6 is 0 Å². The van der Waals surface area contributed by atoms with E-state index >= 15 is 0 Å². The van der Waals surface area contributed by atoms with Crippen LogP contribution in [0.3, 0.4) is 0 Å². The summed E-state index contributed by atoms with van der Waals surface area (Å²) in [5.74, 6) is -0.328. The van der Waals surface area contributed by atoms with Crippen molar-refractivity contribution in [1.29, 1.82) is 0 Å². The molecule has 0 amide bonds. The van der Waals surface area contributed by atoms with Gasteiger partial charge in [-0.2, -0.15) is 13.2 Å². The van der Waals surface area contributed by atoms with Gasteiger partial charge >= 0.3 is 12.1 Å². The van der Waals surface area contributed by atoms with Crippen molar-refractivity contribution in [1.82, 2.24) is 4.98 Å². The number of esters is 1. The molecular weight excluding hydrogens is 319 g/mol. The predicted octanol–water partition coefficient (Wildman–Crippen LogP) is 4.61. The fraction of sp³-hybridized carbons (Fsp3) is 0.333. The number of benzene rings is 1. The Morgan fingerprint density at radius 1 is 1.04 bits per heavy atom. The van der Waals surface area contributed by atoms with E-state index in [-0.39, 0.29) is 5.97 Å². The van der Waals surface area contributed by atoms with Crippen LogP contribution in [-0.4, -0.2) is 17.6 Å². The van der Waals surface area contributed by atoms with Gasteiger partial charge in [0.1, 0.15) is 0 Å². The molecule has 0 aliphatic rings. The normalized spacial score (nSPS) is 12.1. The first-order chi connectivity index (χ1) is 11.2. The summed E-state index contributed by atoms with van der Waals surface area (Å²) in [6, 6.07) is 9.29. The monoisotopic (exact) mass is 337 g/mol. The van der Waals surface area contributed by atoms with Crippen molar-refractivity contribution < 1.29 is 22.7 Å². The molecule has 0 fully saturated rings. The Labute approximate surface area is 138 Å². The van der Waals surface area contributed by atoms with Gasteiger partial charge in [-0.25, -0.2) is 0 Å². The van der Waals surface area contributed by atoms with Crippen LogP contribution in [0.4, 0.5) is 13.2 Å². The quantitative estimate of drug-likeness (QED) is 0.765. The highest BCUT2D eigenvalue weighted by molar-refractivity contribution is 5.82. The van der Waals surface area contributed by atoms with E-state index < -0.39 is 17.2 Å². The van der Waals surface area contributed by atoms with Gasteiger partial charge in [0.05, 0.1) is 23.3 Å². The Balaban J connectivity index is 2.25. The van der Waals surface area contributed by atoms with Crippen molar-refractivity contribution in [3.05, 3.63) is 53.7 Å². The Morgan fingerprint density at radius 3 is 2.08 bits per heavy atom. The van der Waals surface area contributed by atoms with Gasteiger partial charge in [0.15, 0.2) is 0 Å². The zero-order chi connectivity index (χ0) is 18.0. The maximum absolute atomic E-state index is 12.6. The lowest BCUT2D eigenvalue weighted by molar-refractivity contribution is -0.148. The van der Waals surface area contributed by atoms with Gasteiger partial charge in [-0.3, -0.25) is 9.78 Å². The van der Waals surface area contributed by atoms with E-state index in [0.717, 1.165) is 17.8 Å². The standard InChI is InChI=1S/C18H18F3NO2/c1-4-24-16(23)17(2,3)13-7-5-12(6-8-13)15-10-9-14(11-22-15)18(19,20)21/h5-11H,4H2,1-3H3. The number of pyridine rings is 1. The minimum atomic E-state index is -4.40. The largest absolute Gasteiger partial charge is 0.465 e. The topological polar surface area (TPSA) is 39.2 Å². The second-order valence-electron chi connectivity index (χ2n) is 5.85. The van der Waals surface area contributed by atoms with Crippen LogP contribution in [0, 0.1) is 0 Å². The molecule has 1 aromatic heterocycles. The molecule has 0 saturated heterocycles. The number of carbonyl (C=O) groups is 1. The summed E-state index contributed by atoms with van der Waals surface area (Å²) >= 11 is 0. The average Bonchev–Trinajstić information content (AvgIpc) is 2.54. The highest BCUT2D eigenvalue weighted by atomic mass is 19.4. The Kier molecular flexibility index (Phi) is 4.96. The third-order valence-electron chi connectivity index (χ3n) is 3.78. The van der Waals surface area contributed by atoms with E-state index in [2.05, 4.69) is 4.98 Å². The molecule has 0 bridgehead atoms. The molecule has 0 saturated carbocycles. The molecular formula is C18H18F3NO2. The zero-order valence-electron chi connectivity index (χ0n) is 13.6. The SMILES string of the molecule is CCOC(=O)C(C)(C)c1ccc(-c2ccc(C(F)(F)F)cn2)cc1. The van der Waals surface area contributed by atoms with Crippen molar-refractivity contribution in [3.63, 3.8) is 0 Å². The number of aromatic nitrogens is 1. The van der Waals surface area contributed by atoms with E-state index in [1.165, 1.54) is 6.07 Å². The minimum absolute atomic E-state index is 0.301. The van der Waals surface area contributed by atoms with Crippen LogP contribution < -0.4 is 0 Å². The third-order valence-corrected chi connectivity index (χ3v) is 3.78. The summed E-state index contributed by atoms with van der Waals surface area (Å²) in [6.07, 6.45) is -3.59. The number of ether oxygens (including phenoxy) is 1. The summed E-state index contributed by atoms with van der Waals surface area (Å²) < 4.78 is 42.7. The van der Waals surface area contributed by atoms with Crippen LogP contribution in [0.25, 0.3) is 11.3 Å². The van der Waals surface area contributed by atoms with Gasteiger partial charge in [-0.1, -0.05) is 24.3 Å². The van der Waals surface area contributed by atoms with Crippen LogP contribution in [0.1, 0.15) is 31.9 Å². The molecule has 3 nitrogen and oxygen atoms in total. The predicted molar refractivity (Wildman–Crippen MR) is 84.3 cm³/mol. The van der Waals surface area contributed by atoms with E-state index in [4.69, 9.17) is 4.74 Å². The first kappa shape index (κ1) is 18.0. The van der Waals surface area contributed by atoms with E-state index in [1.54, 1.807) is 45.0 Å². The lowest BCUT2D eigenvalue weighted by Gasteiger charge is -2.23. The Bertz CT molecular complexity index is 705. The van der Waals surface area contributed by atoms with Crippen molar-refractivity contribution >= 4 is 5.97 Å². The molecule has 0 unspecified atom stereocenters. The molecule has 1 aromatic carbocycles. The highest BCUT2D eigenvalue weighted by Crippen LogP contribution is 2.31. The van der Waals surface area contributed by atoms with Crippen molar-refractivity contribution in [2.24, 2.45) is 0 Å². The zero-order valence-corrected chi connectivity index (χ0v) is 13.6. The number of rotatable bonds is 4. The van der Waals surface area contributed by atoms with E-state index in [9.17, 15) is 18.0 Å². The van der Waals surface area contributed by atoms with Gasteiger partial charge in [-0.15, -0.1) is 0 Å². The molecule has 0 N–H and O–H groups in total. The highest BCUT2D eigenvalue weighted by Gasteiger charge is 2.32. The second kappa shape index (κ2) is 6.63. The molecule has 2 rings (SSSR count). The van der Waals surface area contributed by atoms with Gasteiger partial charge in [0.2, 0.25) is 0 Å². The number of alkyl halides is 3. The number of nitrogens with zero attached hydrogens (tertiary/aromatic N) is 1. The molecule has 128 valence electrons. The summed E-state index contributed by atoms with van der Waals surface area (Å²) in [7, 11) is 0. The Hall–Kier alpha value is -2.37. The van der Waals surface area contributed by atoms with Crippen LogP contribution in [0.2, 0.25) is 0 Å². The third kappa shape index (κ3) is 3.75. The minimum Gasteiger partial charge on any atom is -0.465 e. The van der Waals surface area contributed by atoms with Gasteiger partial charge in [-0.05, 0) is 38.5 Å². The van der Waals surface area contributed by atoms with Crippen LogP contribution in [0.15, 0.2) is 42.6 Å². The number of hydrogen-bond acceptors (Lipinski definition) is 3. The van der Waals surface area contributed by atoms with Gasteiger partial charge < -0.3 is 4.74 Å². The summed E-state index contributed by atoms with van der Waals surface area (Å²) in [4.78, 5) is 15.9. The summed E-state index contributed by atoms with van der Waals surface area (Å²) in [5.41, 5.74) is 0.279. The van der Waals surface area contributed by atoms with Crippen molar-refractivity contribution in [3.8, 4) is 11.3 Å². The van der Waals surface area contributed by atoms with Gasteiger partial charge in [0.25, 0.3) is 0 Å². The molecule has 2 aromatic rings. The van der Waals surface area contributed by atoms with Crippen LogP contribution in [0.5, 0.6) is 0 Å². The lowest BCUT2D eigenvalue weighted by atomic mass is 9.84. The fourth-order valence-corrected chi connectivity index (χ4v) is 2.22. The molecule has 0 spiro atoms. The van der Waals surface area contributed by atoms with Crippen molar-refractivity contribution in [2.45, 2.75) is 32.4 Å². The van der Waals surface area contributed by atoms with Crippen molar-refractivity contribution in [2.75, 3.05) is 6.61 Å². The molecule has 0 aliphatic carbocycles. The number of carbonyl (C=O) groups excluding carboxylic acids is 1. The maximum atomic E-state index is 12.6. The average molecular weight is 337 g/mol. The first-order valence-corrected chi connectivity index (χ1v) is 7.47. The smallest absolute Gasteiger partial charge is 0.417 e. The van der Waals surface area contributed by atoms with E-state index in [0.29, 0.717) is 17.9 Å². The summed E-state index contributed by atoms with van der Waals surface area (Å²) in [6.45, 7) is 5.57. The van der Waals surface area contributed by atoms with E-state index in [1.807, 2.05) is 0 Å². The number of hydrogen-bond donors (Lipinski definition) is 0. The first-order valence-electron chi connectivity index (χ1n) is 7.47. The fourth-order valence-electron chi connectivity index (χ4n) is 2.22. The maximum Gasteiger partial charge on any atom is 0.417 e. The van der Waals surface area contributed by atoms with Crippen LogP contribution in [-0.2, 0) is 21.1 Å². The summed E-state index contributed by atoms with van der Waals surface area (Å²) in [5, 5.41) is 0. The molecule has 0 aliphatic heterocycles. The Morgan fingerprint density at radius 2 is 1.62 bits per heavy atom. The second-order valence-corrected chi connectivity index (χ2v) is 5.85. The van der Waals surface area contributed by atoms with Gasteiger partial charge in [0, 0.05) is 11.8 Å².